The Balaban J connectivity index is 1.56. The Kier molecular flexibility index (Phi) is 7.73. The van der Waals surface area contributed by atoms with Gasteiger partial charge in [-0.25, -0.2) is 4.98 Å². The number of nitrogens with one attached hydrogen (secondary N) is 1. The smallest absolute Gasteiger partial charge is 0.306 e. The van der Waals surface area contributed by atoms with Crippen molar-refractivity contribution in [3.63, 3.8) is 0 Å². The van der Waals surface area contributed by atoms with E-state index in [1.165, 1.54) is 0 Å². The number of carbonyl (C=O) groups is 2. The lowest BCUT2D eigenvalue weighted by molar-refractivity contribution is -0.148. The lowest BCUT2D eigenvalue weighted by Crippen LogP contribution is -2.29. The number of aryl methyl sites for hydroxylation is 2. The van der Waals surface area contributed by atoms with Crippen LogP contribution in [-0.4, -0.2) is 28.0 Å². The fourth-order valence-electron chi connectivity index (χ4n) is 3.03. The van der Waals surface area contributed by atoms with Gasteiger partial charge in [0.1, 0.15) is 5.69 Å². The topological polar surface area (TPSA) is 90.3 Å². The first-order valence-electron chi connectivity index (χ1n) is 10.0. The van der Waals surface area contributed by atoms with Gasteiger partial charge >= 0.3 is 5.97 Å². The van der Waals surface area contributed by atoms with Crippen molar-refractivity contribution in [3.8, 4) is 0 Å². The van der Waals surface area contributed by atoms with Crippen molar-refractivity contribution in [1.29, 1.82) is 0 Å². The zero-order chi connectivity index (χ0) is 21.3. The minimum Gasteiger partial charge on any atom is -0.456 e. The van der Waals surface area contributed by atoms with Gasteiger partial charge in [0.2, 0.25) is 0 Å². The Bertz CT molecular complexity index is 1060. The second kappa shape index (κ2) is 10.7. The highest BCUT2D eigenvalue weighted by atomic mass is 32.1. The molecular weight excluding hydrogens is 402 g/mol. The summed E-state index contributed by atoms with van der Waals surface area (Å²) in [4.78, 5) is 42.2. The van der Waals surface area contributed by atoms with Crippen molar-refractivity contribution in [1.82, 2.24) is 14.9 Å². The minimum atomic E-state index is -0.532. The highest BCUT2D eigenvalue weighted by molar-refractivity contribution is 7.09. The van der Waals surface area contributed by atoms with Crippen LogP contribution < -0.4 is 10.9 Å². The van der Waals surface area contributed by atoms with Crippen molar-refractivity contribution < 1.29 is 14.3 Å². The van der Waals surface area contributed by atoms with Crippen molar-refractivity contribution >= 4 is 34.2 Å². The average Bonchev–Trinajstić information content (AvgIpc) is 3.28. The SMILES string of the molecule is CCCCn1c(=O)c(CCC(=O)OCC(=O)NCc2cccs2)nc2ccccc21. The van der Waals surface area contributed by atoms with Crippen LogP contribution in [0.25, 0.3) is 11.0 Å². The summed E-state index contributed by atoms with van der Waals surface area (Å²) >= 11 is 1.54. The van der Waals surface area contributed by atoms with E-state index in [-0.39, 0.29) is 30.9 Å². The number of hydrogen-bond donors (Lipinski definition) is 1. The molecule has 7 nitrogen and oxygen atoms in total. The van der Waals surface area contributed by atoms with Gasteiger partial charge in [-0.1, -0.05) is 31.5 Å². The van der Waals surface area contributed by atoms with Gasteiger partial charge < -0.3 is 14.6 Å². The summed E-state index contributed by atoms with van der Waals surface area (Å²) in [6.07, 6.45) is 2.02. The van der Waals surface area contributed by atoms with Crippen LogP contribution >= 0.6 is 11.3 Å². The molecule has 0 aliphatic rings. The lowest BCUT2D eigenvalue weighted by Gasteiger charge is -2.12. The first-order chi connectivity index (χ1) is 14.6. The number of nitrogens with zero attached hydrogens (tertiary/aromatic N) is 2. The third-order valence-corrected chi connectivity index (χ3v) is 5.50. The van der Waals surface area contributed by atoms with Crippen LogP contribution in [0.1, 0.15) is 36.8 Å². The maximum Gasteiger partial charge on any atom is 0.306 e. The van der Waals surface area contributed by atoms with Crippen molar-refractivity contribution in [3.05, 3.63) is 62.7 Å². The number of ether oxygens (including phenoxy) is 1. The number of unbranched alkanes of at least 4 members (excludes halogenated alkanes) is 1. The normalized spacial score (nSPS) is 10.8. The number of para-hydroxylation sites is 2. The summed E-state index contributed by atoms with van der Waals surface area (Å²) in [5.74, 6) is -0.891. The van der Waals surface area contributed by atoms with Crippen LogP contribution in [0, 0.1) is 0 Å². The molecule has 0 bridgehead atoms. The quantitative estimate of drug-likeness (QED) is 0.502. The van der Waals surface area contributed by atoms with E-state index in [1.807, 2.05) is 41.8 Å². The number of aromatic nitrogens is 2. The van der Waals surface area contributed by atoms with Crippen molar-refractivity contribution in [2.45, 2.75) is 45.7 Å². The van der Waals surface area contributed by atoms with E-state index in [0.29, 0.717) is 18.8 Å². The Morgan fingerprint density at radius 3 is 2.80 bits per heavy atom. The Hall–Kier alpha value is -3.00. The molecule has 0 radical (unpaired) electrons. The first kappa shape index (κ1) is 21.7. The van der Waals surface area contributed by atoms with E-state index in [4.69, 9.17) is 4.74 Å². The molecule has 3 aromatic rings. The van der Waals surface area contributed by atoms with E-state index in [1.54, 1.807) is 15.9 Å². The molecule has 0 unspecified atom stereocenters. The molecule has 0 saturated heterocycles. The summed E-state index contributed by atoms with van der Waals surface area (Å²) in [6.45, 7) is 2.75. The molecular formula is C22H25N3O4S. The van der Waals surface area contributed by atoms with Crippen molar-refractivity contribution in [2.24, 2.45) is 0 Å². The number of benzene rings is 1. The molecule has 0 fully saturated rings. The number of hydrogen-bond acceptors (Lipinski definition) is 6. The Labute approximate surface area is 178 Å². The molecule has 3 rings (SSSR count). The summed E-state index contributed by atoms with van der Waals surface area (Å²) in [5.41, 5.74) is 1.68. The predicted molar refractivity (Wildman–Crippen MR) is 116 cm³/mol. The summed E-state index contributed by atoms with van der Waals surface area (Å²) in [6, 6.07) is 11.3. The van der Waals surface area contributed by atoms with Gasteiger partial charge in [-0.05, 0) is 30.0 Å². The number of amides is 1. The van der Waals surface area contributed by atoms with Crippen LogP contribution in [0.15, 0.2) is 46.6 Å². The molecule has 0 aliphatic heterocycles. The van der Waals surface area contributed by atoms with Gasteiger partial charge in [0, 0.05) is 17.8 Å². The number of fused-ring (bicyclic) bond motifs is 1. The number of esters is 1. The van der Waals surface area contributed by atoms with Gasteiger partial charge in [-0.3, -0.25) is 14.4 Å². The molecule has 0 saturated carbocycles. The standard InChI is InChI=1S/C22H25N3O4S/c1-2-3-12-25-19-9-5-4-8-17(19)24-18(22(25)28)10-11-21(27)29-15-20(26)23-14-16-7-6-13-30-16/h4-9,13H,2-3,10-12,14-15H2,1H3,(H,23,26). The Morgan fingerprint density at radius 1 is 1.20 bits per heavy atom. The predicted octanol–water partition coefficient (Wildman–Crippen LogP) is 3.05. The van der Waals surface area contributed by atoms with Gasteiger partial charge in [-0.15, -0.1) is 11.3 Å². The minimum absolute atomic E-state index is 0.00738. The van der Waals surface area contributed by atoms with Crippen LogP contribution in [0.3, 0.4) is 0 Å². The van der Waals surface area contributed by atoms with E-state index in [9.17, 15) is 14.4 Å². The van der Waals surface area contributed by atoms with Crippen LogP contribution in [0.5, 0.6) is 0 Å². The van der Waals surface area contributed by atoms with Gasteiger partial charge in [0.05, 0.1) is 24.0 Å². The third-order valence-electron chi connectivity index (χ3n) is 4.63. The third kappa shape index (κ3) is 5.76. The summed E-state index contributed by atoms with van der Waals surface area (Å²) < 4.78 is 6.76. The lowest BCUT2D eigenvalue weighted by atomic mass is 10.2. The highest BCUT2D eigenvalue weighted by Crippen LogP contribution is 2.12. The zero-order valence-corrected chi connectivity index (χ0v) is 17.7. The van der Waals surface area contributed by atoms with Gasteiger partial charge in [-0.2, -0.15) is 0 Å². The van der Waals surface area contributed by atoms with Crippen LogP contribution in [0.2, 0.25) is 0 Å². The van der Waals surface area contributed by atoms with E-state index in [0.717, 1.165) is 28.8 Å². The summed E-state index contributed by atoms with van der Waals surface area (Å²) in [5, 5.41) is 4.63. The largest absolute Gasteiger partial charge is 0.456 e. The molecule has 2 heterocycles. The fraction of sp³-hybridized carbons (Fsp3) is 0.364. The maximum atomic E-state index is 12.9. The second-order valence-corrected chi connectivity index (χ2v) is 7.91. The van der Waals surface area contributed by atoms with E-state index in [2.05, 4.69) is 17.2 Å². The molecule has 1 N–H and O–H groups in total. The molecule has 158 valence electrons. The van der Waals surface area contributed by atoms with E-state index >= 15 is 0 Å². The molecule has 30 heavy (non-hydrogen) atoms. The maximum absolute atomic E-state index is 12.9. The fourth-order valence-corrected chi connectivity index (χ4v) is 3.68. The number of carbonyl (C=O) groups excluding carboxylic acids is 2. The van der Waals surface area contributed by atoms with Gasteiger partial charge in [0.15, 0.2) is 6.61 Å². The van der Waals surface area contributed by atoms with E-state index < -0.39 is 5.97 Å². The Morgan fingerprint density at radius 2 is 2.03 bits per heavy atom. The second-order valence-electron chi connectivity index (χ2n) is 6.87. The molecule has 1 amide bonds. The number of rotatable bonds is 10. The molecule has 8 heteroatoms. The molecule has 0 spiro atoms. The molecule has 1 aromatic carbocycles. The summed E-state index contributed by atoms with van der Waals surface area (Å²) in [7, 11) is 0. The number of thiophene rings is 1. The van der Waals surface area contributed by atoms with Crippen LogP contribution in [-0.2, 0) is 33.8 Å². The molecule has 0 atom stereocenters. The monoisotopic (exact) mass is 427 g/mol. The molecule has 2 aromatic heterocycles. The average molecular weight is 428 g/mol. The van der Waals surface area contributed by atoms with Crippen molar-refractivity contribution in [2.75, 3.05) is 6.61 Å². The van der Waals surface area contributed by atoms with Crippen LogP contribution in [0.4, 0.5) is 0 Å². The highest BCUT2D eigenvalue weighted by Gasteiger charge is 2.14. The molecule has 0 aliphatic carbocycles. The zero-order valence-electron chi connectivity index (χ0n) is 16.9. The van der Waals surface area contributed by atoms with Gasteiger partial charge in [0.25, 0.3) is 11.5 Å². The first-order valence-corrected chi connectivity index (χ1v) is 10.9.